The van der Waals surface area contributed by atoms with Crippen molar-refractivity contribution in [1.82, 2.24) is 9.97 Å². The molecular weight excluding hydrogens is 426 g/mol. The Bertz CT molecular complexity index is 1550. The van der Waals surface area contributed by atoms with E-state index in [1.807, 2.05) is 30.5 Å². The highest BCUT2D eigenvalue weighted by molar-refractivity contribution is 6.31. The lowest BCUT2D eigenvalue weighted by Gasteiger charge is -2.15. The fourth-order valence-electron chi connectivity index (χ4n) is 3.84. The van der Waals surface area contributed by atoms with Crippen LogP contribution in [0.5, 0.6) is 5.75 Å². The van der Waals surface area contributed by atoms with E-state index in [2.05, 4.69) is 15.3 Å². The molecule has 6 nitrogen and oxygen atoms in total. The summed E-state index contributed by atoms with van der Waals surface area (Å²) < 4.78 is 5.53. The van der Waals surface area contributed by atoms with E-state index in [4.69, 9.17) is 16.3 Å². The maximum Gasteiger partial charge on any atom is 0.261 e. The molecule has 0 saturated carbocycles. The molecular formula is C25H18ClN3O3. The topological polar surface area (TPSA) is 87.0 Å². The van der Waals surface area contributed by atoms with Crippen LogP contribution in [0.4, 0.5) is 5.69 Å². The monoisotopic (exact) mass is 443 g/mol. The first-order chi connectivity index (χ1) is 15.5. The maximum atomic E-state index is 13.2. The van der Waals surface area contributed by atoms with Gasteiger partial charge in [-0.3, -0.25) is 9.59 Å². The Morgan fingerprint density at radius 1 is 0.969 bits per heavy atom. The van der Waals surface area contributed by atoms with E-state index >= 15 is 0 Å². The van der Waals surface area contributed by atoms with Crippen molar-refractivity contribution in [2.75, 3.05) is 12.4 Å². The number of fused-ring (bicyclic) bond motifs is 2. The molecule has 1 amide bonds. The van der Waals surface area contributed by atoms with Crippen molar-refractivity contribution in [3.8, 4) is 16.9 Å². The Morgan fingerprint density at radius 3 is 2.66 bits per heavy atom. The lowest BCUT2D eigenvalue weighted by molar-refractivity contribution is 0.102. The number of aromatic amines is 2. The Balaban J connectivity index is 1.64. The first-order valence-electron chi connectivity index (χ1n) is 9.92. The number of benzene rings is 3. The molecule has 3 aromatic carbocycles. The number of amides is 1. The number of methoxy groups -OCH3 is 1. The fraction of sp³-hybridized carbons (Fsp3) is 0.0400. The summed E-state index contributed by atoms with van der Waals surface area (Å²) in [6.45, 7) is 0. The summed E-state index contributed by atoms with van der Waals surface area (Å²) in [5.74, 6) is 0.105. The molecule has 0 aliphatic rings. The molecule has 0 unspecified atom stereocenters. The molecule has 0 fully saturated rings. The zero-order chi connectivity index (χ0) is 22.2. The number of hydrogen-bond acceptors (Lipinski definition) is 3. The van der Waals surface area contributed by atoms with Gasteiger partial charge in [0.15, 0.2) is 0 Å². The van der Waals surface area contributed by atoms with Crippen molar-refractivity contribution >= 4 is 45.0 Å². The van der Waals surface area contributed by atoms with Crippen molar-refractivity contribution in [1.29, 1.82) is 0 Å². The van der Waals surface area contributed by atoms with Gasteiger partial charge in [-0.2, -0.15) is 0 Å². The van der Waals surface area contributed by atoms with Crippen LogP contribution in [0, 0.1) is 0 Å². The van der Waals surface area contributed by atoms with E-state index in [0.717, 1.165) is 22.0 Å². The van der Waals surface area contributed by atoms with Gasteiger partial charge < -0.3 is 20.0 Å². The quantitative estimate of drug-likeness (QED) is 0.338. The number of carbonyl (C=O) groups is 1. The second-order valence-electron chi connectivity index (χ2n) is 7.34. The van der Waals surface area contributed by atoms with Crippen LogP contribution in [0.15, 0.2) is 77.9 Å². The lowest BCUT2D eigenvalue weighted by atomic mass is 10.00. The minimum atomic E-state index is -0.509. The highest BCUT2D eigenvalue weighted by Crippen LogP contribution is 2.39. The number of hydrogen-bond donors (Lipinski definition) is 3. The van der Waals surface area contributed by atoms with Crippen LogP contribution < -0.4 is 15.5 Å². The third-order valence-corrected chi connectivity index (χ3v) is 5.66. The normalized spacial score (nSPS) is 11.1. The van der Waals surface area contributed by atoms with Crippen LogP contribution in [-0.2, 0) is 0 Å². The summed E-state index contributed by atoms with van der Waals surface area (Å²) >= 11 is 6.26. The van der Waals surface area contributed by atoms with Crippen LogP contribution >= 0.6 is 11.6 Å². The largest absolute Gasteiger partial charge is 0.496 e. The highest BCUT2D eigenvalue weighted by Gasteiger charge is 2.18. The van der Waals surface area contributed by atoms with Gasteiger partial charge >= 0.3 is 0 Å². The zero-order valence-corrected chi connectivity index (χ0v) is 17.8. The van der Waals surface area contributed by atoms with E-state index in [1.165, 1.54) is 6.20 Å². The van der Waals surface area contributed by atoms with Gasteiger partial charge in [0.05, 0.1) is 12.8 Å². The molecule has 0 bridgehead atoms. The molecule has 158 valence electrons. The van der Waals surface area contributed by atoms with Crippen LogP contribution in [-0.4, -0.2) is 23.0 Å². The predicted octanol–water partition coefficient (Wildman–Crippen LogP) is 5.59. The van der Waals surface area contributed by atoms with Crippen LogP contribution in [0.1, 0.15) is 10.4 Å². The molecule has 0 atom stereocenters. The summed E-state index contributed by atoms with van der Waals surface area (Å²) in [6.07, 6.45) is 3.26. The van der Waals surface area contributed by atoms with E-state index in [1.54, 1.807) is 43.5 Å². The minimum absolute atomic E-state index is 0.0271. The number of rotatable bonds is 4. The van der Waals surface area contributed by atoms with Crippen molar-refractivity contribution in [2.24, 2.45) is 0 Å². The number of H-pyrrole nitrogens is 2. The molecule has 32 heavy (non-hydrogen) atoms. The third-order valence-electron chi connectivity index (χ3n) is 5.42. The van der Waals surface area contributed by atoms with Gasteiger partial charge in [-0.15, -0.1) is 0 Å². The van der Waals surface area contributed by atoms with E-state index in [9.17, 15) is 9.59 Å². The molecule has 0 radical (unpaired) electrons. The van der Waals surface area contributed by atoms with Gasteiger partial charge in [0.2, 0.25) is 5.43 Å². The molecule has 2 heterocycles. The molecule has 7 heteroatoms. The Hall–Kier alpha value is -4.03. The number of nitrogens with one attached hydrogen (secondary N) is 3. The Labute approximate surface area is 187 Å². The number of carbonyl (C=O) groups excluding carboxylic acids is 1. The van der Waals surface area contributed by atoms with Crippen LogP contribution in [0.3, 0.4) is 0 Å². The number of pyridine rings is 1. The smallest absolute Gasteiger partial charge is 0.261 e. The van der Waals surface area contributed by atoms with E-state index in [-0.39, 0.29) is 11.0 Å². The summed E-state index contributed by atoms with van der Waals surface area (Å²) in [5, 5.41) is 4.86. The van der Waals surface area contributed by atoms with Crippen LogP contribution in [0.25, 0.3) is 32.9 Å². The van der Waals surface area contributed by atoms with Crippen molar-refractivity contribution in [3.05, 3.63) is 93.9 Å². The molecule has 3 N–H and O–H groups in total. The number of halogens is 1. The van der Waals surface area contributed by atoms with Gasteiger partial charge in [0.1, 0.15) is 11.3 Å². The number of ether oxygens (including phenoxy) is 1. The maximum absolute atomic E-state index is 13.2. The van der Waals surface area contributed by atoms with Crippen molar-refractivity contribution in [3.63, 3.8) is 0 Å². The van der Waals surface area contributed by atoms with Crippen molar-refractivity contribution < 1.29 is 9.53 Å². The second kappa shape index (κ2) is 7.90. The summed E-state index contributed by atoms with van der Waals surface area (Å²) in [7, 11) is 1.58. The average Bonchev–Trinajstić information content (AvgIpc) is 3.26. The Morgan fingerprint density at radius 2 is 1.81 bits per heavy atom. The molecule has 0 aliphatic heterocycles. The fourth-order valence-corrected chi connectivity index (χ4v) is 4.02. The minimum Gasteiger partial charge on any atom is -0.496 e. The Kier molecular flexibility index (Phi) is 4.92. The predicted molar refractivity (Wildman–Crippen MR) is 128 cm³/mol. The van der Waals surface area contributed by atoms with Gasteiger partial charge in [0.25, 0.3) is 5.91 Å². The summed E-state index contributed by atoms with van der Waals surface area (Å²) in [5.41, 5.74) is 3.19. The van der Waals surface area contributed by atoms with Gasteiger partial charge in [0, 0.05) is 50.3 Å². The third kappa shape index (κ3) is 3.40. The highest BCUT2D eigenvalue weighted by atomic mass is 35.5. The molecule has 5 aromatic rings. The number of anilines is 1. The average molecular weight is 444 g/mol. The first kappa shape index (κ1) is 19.9. The lowest BCUT2D eigenvalue weighted by Crippen LogP contribution is -2.22. The zero-order valence-electron chi connectivity index (χ0n) is 17.0. The molecule has 0 aliphatic carbocycles. The molecule has 0 spiro atoms. The number of para-hydroxylation sites is 1. The standard InChI is InChI=1S/C25H18ClN3O3/c1-32-23-7-6-15(26)11-18(23)17-10-14-8-9-27-21(14)12-22(17)29-25(31)19-13-28-20-5-3-2-4-16(20)24(19)30/h2-13,27H,1H3,(H,28,30)(H,29,31). The van der Waals surface area contributed by atoms with Gasteiger partial charge in [-0.05, 0) is 48.5 Å². The first-order valence-corrected chi connectivity index (χ1v) is 10.3. The van der Waals surface area contributed by atoms with Gasteiger partial charge in [-0.1, -0.05) is 23.7 Å². The number of aromatic nitrogens is 2. The second-order valence-corrected chi connectivity index (χ2v) is 7.77. The van der Waals surface area contributed by atoms with E-state index in [0.29, 0.717) is 27.4 Å². The van der Waals surface area contributed by atoms with Crippen LogP contribution in [0.2, 0.25) is 5.02 Å². The molecule has 2 aromatic heterocycles. The molecule has 5 rings (SSSR count). The van der Waals surface area contributed by atoms with Crippen molar-refractivity contribution in [2.45, 2.75) is 0 Å². The van der Waals surface area contributed by atoms with E-state index < -0.39 is 5.91 Å². The molecule has 0 saturated heterocycles. The SMILES string of the molecule is COc1ccc(Cl)cc1-c1cc2cc[nH]c2cc1NC(=O)c1c[nH]c2ccccc2c1=O. The summed E-state index contributed by atoms with van der Waals surface area (Å²) in [4.78, 5) is 32.2. The van der Waals surface area contributed by atoms with Gasteiger partial charge in [-0.25, -0.2) is 0 Å². The summed E-state index contributed by atoms with van der Waals surface area (Å²) in [6, 6.07) is 18.1.